The summed E-state index contributed by atoms with van der Waals surface area (Å²) in [6, 6.07) is 10.8. The molecule has 2 aromatic heterocycles. The topological polar surface area (TPSA) is 182 Å². The third kappa shape index (κ3) is 7.94. The van der Waals surface area contributed by atoms with Crippen molar-refractivity contribution in [3.8, 4) is 11.6 Å². The number of fused-ring (bicyclic) bond motifs is 2. The summed E-state index contributed by atoms with van der Waals surface area (Å²) >= 11 is 0. The van der Waals surface area contributed by atoms with Gasteiger partial charge >= 0.3 is 13.7 Å². The van der Waals surface area contributed by atoms with Crippen molar-refractivity contribution in [3.05, 3.63) is 48.8 Å². The maximum absolute atomic E-state index is 16.5. The Balaban J connectivity index is 1.39. The Labute approximate surface area is 281 Å². The molecular formula is C32H41F2N6O8P. The van der Waals surface area contributed by atoms with E-state index in [2.05, 4.69) is 20.0 Å². The van der Waals surface area contributed by atoms with Crippen LogP contribution < -0.4 is 20.1 Å². The van der Waals surface area contributed by atoms with E-state index in [9.17, 15) is 14.5 Å². The number of halogens is 2. The minimum atomic E-state index is -4.67. The van der Waals surface area contributed by atoms with Crippen LogP contribution in [0.3, 0.4) is 0 Å². The second kappa shape index (κ2) is 13.8. The molecule has 2 aromatic carbocycles. The fraction of sp³-hybridized carbons (Fsp3) is 0.500. The van der Waals surface area contributed by atoms with Gasteiger partial charge in [0.2, 0.25) is 11.8 Å². The molecule has 5 rings (SSSR count). The molecule has 0 amide bonds. The lowest BCUT2D eigenvalue weighted by atomic mass is 9.94. The number of aliphatic hydroxyl groups excluding tert-OH is 1. The summed E-state index contributed by atoms with van der Waals surface area (Å²) in [5, 5.41) is 14.7. The molecule has 0 spiro atoms. The Morgan fingerprint density at radius 3 is 2.63 bits per heavy atom. The lowest BCUT2D eigenvalue weighted by molar-refractivity contribution is -0.193. The number of hydrogen-bond donors (Lipinski definition) is 3. The molecule has 1 aliphatic heterocycles. The molecule has 6 atom stereocenters. The van der Waals surface area contributed by atoms with E-state index in [-0.39, 0.29) is 53.9 Å². The van der Waals surface area contributed by atoms with E-state index in [0.717, 1.165) is 12.3 Å². The summed E-state index contributed by atoms with van der Waals surface area (Å²) in [6.45, 7) is 8.40. The van der Waals surface area contributed by atoms with Crippen molar-refractivity contribution in [3.63, 3.8) is 0 Å². The molecule has 0 radical (unpaired) electrons. The predicted octanol–water partition coefficient (Wildman–Crippen LogP) is 4.89. The van der Waals surface area contributed by atoms with Crippen LogP contribution in [0.15, 0.2) is 48.8 Å². The molecule has 0 bridgehead atoms. The van der Waals surface area contributed by atoms with Crippen LogP contribution in [0.25, 0.3) is 21.9 Å². The molecule has 266 valence electrons. The number of carbonyl (C=O) groups is 1. The number of anilines is 1. The lowest BCUT2D eigenvalue weighted by Crippen LogP contribution is -2.48. The van der Waals surface area contributed by atoms with Crippen LogP contribution in [0.2, 0.25) is 0 Å². The van der Waals surface area contributed by atoms with Gasteiger partial charge in [0.1, 0.15) is 24.5 Å². The predicted molar refractivity (Wildman–Crippen MR) is 176 cm³/mol. The van der Waals surface area contributed by atoms with E-state index < -0.39 is 50.1 Å². The third-order valence-electron chi connectivity index (χ3n) is 7.76. The van der Waals surface area contributed by atoms with Crippen molar-refractivity contribution < 1.29 is 46.5 Å². The number of nitrogens with one attached hydrogen (secondary N) is 1. The zero-order chi connectivity index (χ0) is 35.8. The number of alkyl halides is 2. The Hall–Kier alpha value is -3.95. The van der Waals surface area contributed by atoms with Crippen LogP contribution in [0.5, 0.6) is 11.6 Å². The molecule has 14 nitrogen and oxygen atoms in total. The first-order valence-corrected chi connectivity index (χ1v) is 17.2. The summed E-state index contributed by atoms with van der Waals surface area (Å²) in [6.07, 6.45) is -2.71. The number of nitrogen functional groups attached to an aromatic ring is 1. The highest BCUT2D eigenvalue weighted by atomic mass is 31.2. The van der Waals surface area contributed by atoms with Gasteiger partial charge in [0.25, 0.3) is 5.85 Å². The summed E-state index contributed by atoms with van der Waals surface area (Å²) < 4.78 is 75.9. The second-order valence-electron chi connectivity index (χ2n) is 13.2. The Morgan fingerprint density at radius 2 is 1.92 bits per heavy atom. The number of carbonyl (C=O) groups excluding carboxylic acids is 1. The van der Waals surface area contributed by atoms with Crippen LogP contribution in [0, 0.1) is 5.41 Å². The molecule has 1 aliphatic rings. The Morgan fingerprint density at radius 1 is 1.20 bits per heavy atom. The highest BCUT2D eigenvalue weighted by Gasteiger charge is 2.64. The minimum Gasteiger partial charge on any atom is -0.476 e. The molecule has 49 heavy (non-hydrogen) atoms. The van der Waals surface area contributed by atoms with Crippen LogP contribution in [-0.2, 0) is 29.9 Å². The smallest absolute Gasteiger partial charge is 0.459 e. The maximum atomic E-state index is 16.5. The molecule has 4 N–H and O–H groups in total. The normalized spacial score (nSPS) is 24.5. The van der Waals surface area contributed by atoms with Crippen molar-refractivity contribution >= 4 is 41.6 Å². The molecule has 4 aromatic rings. The molecule has 0 aliphatic carbocycles. The van der Waals surface area contributed by atoms with E-state index in [4.69, 9.17) is 29.0 Å². The SMILES string of the molecule is CCOc1nc(N)nc2c1ncn2C[C@@H]1O[C@](F)(COP(=O)(NC(C)C(=O)OCC(C)(C)C)Oc2cccc3ccccc23)[C@@H](O)[C@@]1(C)F. The number of hydrogen-bond acceptors (Lipinski definition) is 12. The highest BCUT2D eigenvalue weighted by molar-refractivity contribution is 7.52. The number of imidazole rings is 1. The van der Waals surface area contributed by atoms with Gasteiger partial charge in [-0.3, -0.25) is 9.32 Å². The van der Waals surface area contributed by atoms with Gasteiger partial charge in [-0.15, -0.1) is 0 Å². The second-order valence-corrected chi connectivity index (χ2v) is 14.9. The van der Waals surface area contributed by atoms with E-state index >= 15 is 8.78 Å². The van der Waals surface area contributed by atoms with Crippen molar-refractivity contribution in [2.24, 2.45) is 5.41 Å². The zero-order valence-corrected chi connectivity index (χ0v) is 28.9. The van der Waals surface area contributed by atoms with Gasteiger partial charge < -0.3 is 34.1 Å². The number of rotatable bonds is 13. The Bertz CT molecular complexity index is 1870. The first-order valence-electron chi connectivity index (χ1n) is 15.7. The third-order valence-corrected chi connectivity index (χ3v) is 9.37. The molecule has 2 unspecified atom stereocenters. The molecule has 1 saturated heterocycles. The Kier molecular flexibility index (Phi) is 10.2. The zero-order valence-electron chi connectivity index (χ0n) is 28.1. The largest absolute Gasteiger partial charge is 0.476 e. The van der Waals surface area contributed by atoms with Crippen molar-refractivity contribution in [2.75, 3.05) is 25.6 Å². The maximum Gasteiger partial charge on any atom is 0.459 e. The van der Waals surface area contributed by atoms with Gasteiger partial charge in [-0.05, 0) is 37.6 Å². The van der Waals surface area contributed by atoms with E-state index in [1.807, 2.05) is 20.8 Å². The van der Waals surface area contributed by atoms with Gasteiger partial charge in [-0.2, -0.15) is 15.1 Å². The number of ether oxygens (including phenoxy) is 3. The van der Waals surface area contributed by atoms with Crippen molar-refractivity contribution in [1.29, 1.82) is 0 Å². The number of esters is 1. The van der Waals surface area contributed by atoms with Gasteiger partial charge in [0.15, 0.2) is 22.9 Å². The molecule has 0 saturated carbocycles. The number of benzene rings is 2. The molecular weight excluding hydrogens is 665 g/mol. The monoisotopic (exact) mass is 706 g/mol. The van der Waals surface area contributed by atoms with E-state index in [1.165, 1.54) is 23.9 Å². The summed E-state index contributed by atoms with van der Waals surface area (Å²) in [7, 11) is -4.67. The number of nitrogens with two attached hydrogens (primary N) is 1. The highest BCUT2D eigenvalue weighted by Crippen LogP contribution is 2.50. The first-order chi connectivity index (χ1) is 22.9. The average Bonchev–Trinajstić information content (AvgIpc) is 3.51. The van der Waals surface area contributed by atoms with Crippen molar-refractivity contribution in [2.45, 2.75) is 77.9 Å². The van der Waals surface area contributed by atoms with Crippen LogP contribution in [0.1, 0.15) is 41.5 Å². The minimum absolute atomic E-state index is 0.0645. The summed E-state index contributed by atoms with van der Waals surface area (Å²) in [4.78, 5) is 25.2. The quantitative estimate of drug-likeness (QED) is 0.126. The van der Waals surface area contributed by atoms with E-state index in [0.29, 0.717) is 5.39 Å². The summed E-state index contributed by atoms with van der Waals surface area (Å²) in [5.41, 5.74) is 3.19. The summed E-state index contributed by atoms with van der Waals surface area (Å²) in [5.74, 6) is -3.92. The molecule has 1 fully saturated rings. The number of aromatic nitrogens is 4. The number of aliphatic hydroxyl groups is 1. The molecule has 3 heterocycles. The fourth-order valence-electron chi connectivity index (χ4n) is 5.20. The molecule has 17 heteroatoms. The standard InChI is InChI=1S/C32H41F2N6O8P/c1-7-44-26-24-25(37-29(35)38-26)40(18-36-24)15-23-31(6,33)28(42)32(34,47-23)17-46-49(43,39-19(2)27(41)45-16-30(3,4)5)48-22-14-10-12-20-11-8-9-13-21(20)22/h8-14,18-19,23,28,42H,7,15-17H2,1-6H3,(H,39,43)(H2,35,37,38)/t19?,23-,28-,31-,32+,49?/m0/s1. The van der Waals surface area contributed by atoms with Crippen molar-refractivity contribution in [1.82, 2.24) is 24.6 Å². The van der Waals surface area contributed by atoms with Crippen LogP contribution in [0.4, 0.5) is 14.7 Å². The lowest BCUT2D eigenvalue weighted by Gasteiger charge is -2.28. The average molecular weight is 707 g/mol. The first kappa shape index (κ1) is 36.3. The number of nitrogens with zero attached hydrogens (tertiary/aromatic N) is 4. The van der Waals surface area contributed by atoms with Gasteiger partial charge in [-0.25, -0.2) is 18.3 Å². The van der Waals surface area contributed by atoms with Crippen LogP contribution >= 0.6 is 7.75 Å². The van der Waals surface area contributed by atoms with Gasteiger partial charge in [-0.1, -0.05) is 57.2 Å². The van der Waals surface area contributed by atoms with Crippen LogP contribution in [-0.4, -0.2) is 80.2 Å². The van der Waals surface area contributed by atoms with Gasteiger partial charge in [0, 0.05) is 5.39 Å². The fourth-order valence-corrected chi connectivity index (χ4v) is 6.72. The van der Waals surface area contributed by atoms with E-state index in [1.54, 1.807) is 43.3 Å². The van der Waals surface area contributed by atoms with Gasteiger partial charge in [0.05, 0.1) is 26.1 Å².